The molecule has 0 saturated heterocycles. The molecule has 5 nitrogen and oxygen atoms in total. The number of imidazole rings is 1. The first-order valence-electron chi connectivity index (χ1n) is 5.25. The van der Waals surface area contributed by atoms with Gasteiger partial charge in [-0.1, -0.05) is 12.1 Å². The monoisotopic (exact) mass is 231 g/mol. The molecule has 0 aliphatic heterocycles. The molecule has 2 rings (SSSR count). The first-order chi connectivity index (χ1) is 8.15. The molecule has 0 spiro atoms. The van der Waals surface area contributed by atoms with Crippen LogP contribution < -0.4 is 11.4 Å². The van der Waals surface area contributed by atoms with Gasteiger partial charge in [-0.05, 0) is 19.1 Å². The van der Waals surface area contributed by atoms with Gasteiger partial charge in [0.15, 0.2) is 5.78 Å². The SMILES string of the molecule is Cc1c[nH]c(=O)n1-c1ccccc1C(=O)CN. The van der Waals surface area contributed by atoms with Crippen LogP contribution in [0.5, 0.6) is 0 Å². The van der Waals surface area contributed by atoms with Crippen LogP contribution in [-0.2, 0) is 0 Å². The molecule has 2 aromatic rings. The summed E-state index contributed by atoms with van der Waals surface area (Å²) in [7, 11) is 0. The third kappa shape index (κ3) is 1.92. The average molecular weight is 231 g/mol. The summed E-state index contributed by atoms with van der Waals surface area (Å²) in [6.45, 7) is 1.72. The molecule has 0 bridgehead atoms. The second kappa shape index (κ2) is 4.39. The molecule has 0 amide bonds. The Hall–Kier alpha value is -2.14. The number of benzene rings is 1. The van der Waals surface area contributed by atoms with E-state index in [0.29, 0.717) is 11.3 Å². The molecule has 0 saturated carbocycles. The van der Waals surface area contributed by atoms with Gasteiger partial charge in [-0.2, -0.15) is 0 Å². The van der Waals surface area contributed by atoms with E-state index in [1.165, 1.54) is 4.57 Å². The lowest BCUT2D eigenvalue weighted by molar-refractivity contribution is 0.100. The number of carbonyl (C=O) groups excluding carboxylic acids is 1. The summed E-state index contributed by atoms with van der Waals surface area (Å²) in [5.74, 6) is -0.187. The van der Waals surface area contributed by atoms with Crippen LogP contribution in [0.2, 0.25) is 0 Å². The number of aromatic nitrogens is 2. The van der Waals surface area contributed by atoms with Crippen molar-refractivity contribution >= 4 is 5.78 Å². The van der Waals surface area contributed by atoms with Gasteiger partial charge in [0.25, 0.3) is 0 Å². The lowest BCUT2D eigenvalue weighted by atomic mass is 10.1. The smallest absolute Gasteiger partial charge is 0.324 e. The Morgan fingerprint density at radius 3 is 2.71 bits per heavy atom. The number of para-hydroxylation sites is 1. The second-order valence-corrected chi connectivity index (χ2v) is 3.72. The zero-order chi connectivity index (χ0) is 12.4. The summed E-state index contributed by atoms with van der Waals surface area (Å²) in [4.78, 5) is 26.0. The molecule has 0 atom stereocenters. The van der Waals surface area contributed by atoms with Gasteiger partial charge in [-0.15, -0.1) is 0 Å². The zero-order valence-corrected chi connectivity index (χ0v) is 9.43. The minimum atomic E-state index is -0.264. The number of nitrogens with one attached hydrogen (secondary N) is 1. The highest BCUT2D eigenvalue weighted by Gasteiger charge is 2.13. The molecule has 0 unspecified atom stereocenters. The number of aryl methyl sites for hydroxylation is 1. The molecule has 1 aromatic heterocycles. The maximum atomic E-state index is 11.7. The lowest BCUT2D eigenvalue weighted by Gasteiger charge is -2.09. The highest BCUT2D eigenvalue weighted by Crippen LogP contribution is 2.14. The Labute approximate surface area is 97.9 Å². The van der Waals surface area contributed by atoms with Crippen molar-refractivity contribution in [2.24, 2.45) is 5.73 Å². The molecule has 1 heterocycles. The van der Waals surface area contributed by atoms with Crippen LogP contribution in [0.1, 0.15) is 16.1 Å². The van der Waals surface area contributed by atoms with Gasteiger partial charge in [0.1, 0.15) is 0 Å². The van der Waals surface area contributed by atoms with Crippen molar-refractivity contribution in [3.8, 4) is 5.69 Å². The minimum Gasteiger partial charge on any atom is -0.324 e. The fourth-order valence-electron chi connectivity index (χ4n) is 1.77. The van der Waals surface area contributed by atoms with E-state index < -0.39 is 0 Å². The van der Waals surface area contributed by atoms with Crippen LogP contribution in [0.25, 0.3) is 5.69 Å². The van der Waals surface area contributed by atoms with E-state index in [1.807, 2.05) is 0 Å². The maximum absolute atomic E-state index is 11.7. The predicted octanol–water partition coefficient (Wildman–Crippen LogP) is 0.615. The number of hydrogen-bond acceptors (Lipinski definition) is 3. The summed E-state index contributed by atoms with van der Waals surface area (Å²) in [5, 5.41) is 0. The topological polar surface area (TPSA) is 80.9 Å². The molecule has 1 aromatic carbocycles. The molecule has 17 heavy (non-hydrogen) atoms. The van der Waals surface area contributed by atoms with Gasteiger partial charge < -0.3 is 10.7 Å². The Balaban J connectivity index is 2.68. The number of ketones is 1. The molecule has 0 fully saturated rings. The van der Waals surface area contributed by atoms with E-state index in [-0.39, 0.29) is 18.0 Å². The Morgan fingerprint density at radius 1 is 1.41 bits per heavy atom. The van der Waals surface area contributed by atoms with Gasteiger partial charge in [-0.3, -0.25) is 9.36 Å². The summed E-state index contributed by atoms with van der Waals surface area (Å²) in [6, 6.07) is 6.93. The molecule has 0 aliphatic rings. The Kier molecular flexibility index (Phi) is 2.93. The van der Waals surface area contributed by atoms with Gasteiger partial charge in [0, 0.05) is 17.5 Å². The number of rotatable bonds is 3. The quantitative estimate of drug-likeness (QED) is 0.760. The average Bonchev–Trinajstić information content (AvgIpc) is 2.68. The minimum absolute atomic E-state index is 0.0742. The number of hydrogen-bond donors (Lipinski definition) is 2. The van der Waals surface area contributed by atoms with Crippen LogP contribution >= 0.6 is 0 Å². The Bertz CT molecular complexity index is 610. The first kappa shape index (κ1) is 11.3. The van der Waals surface area contributed by atoms with E-state index in [4.69, 9.17) is 5.73 Å². The molecule has 88 valence electrons. The lowest BCUT2D eigenvalue weighted by Crippen LogP contribution is -2.21. The van der Waals surface area contributed by atoms with Crippen molar-refractivity contribution in [1.29, 1.82) is 0 Å². The van der Waals surface area contributed by atoms with Gasteiger partial charge in [-0.25, -0.2) is 4.79 Å². The third-order valence-electron chi connectivity index (χ3n) is 2.59. The molecule has 3 N–H and O–H groups in total. The third-order valence-corrected chi connectivity index (χ3v) is 2.59. The number of aromatic amines is 1. The molecular formula is C12H13N3O2. The second-order valence-electron chi connectivity index (χ2n) is 3.72. The normalized spacial score (nSPS) is 10.5. The predicted molar refractivity (Wildman–Crippen MR) is 64.5 cm³/mol. The van der Waals surface area contributed by atoms with E-state index in [0.717, 1.165) is 5.69 Å². The fourth-order valence-corrected chi connectivity index (χ4v) is 1.77. The van der Waals surface area contributed by atoms with Crippen LogP contribution in [0.15, 0.2) is 35.3 Å². The van der Waals surface area contributed by atoms with Crippen LogP contribution in [-0.4, -0.2) is 21.9 Å². The highest BCUT2D eigenvalue weighted by molar-refractivity contribution is 6.00. The van der Waals surface area contributed by atoms with Crippen molar-refractivity contribution in [3.63, 3.8) is 0 Å². The Morgan fingerprint density at radius 2 is 2.12 bits per heavy atom. The number of Topliss-reactive ketones (excluding diaryl/α,β-unsaturated/α-hetero) is 1. The van der Waals surface area contributed by atoms with E-state index in [1.54, 1.807) is 37.4 Å². The molecule has 5 heteroatoms. The summed E-state index contributed by atoms with van der Waals surface area (Å²) >= 11 is 0. The molecule has 0 radical (unpaired) electrons. The van der Waals surface area contributed by atoms with Crippen molar-refractivity contribution < 1.29 is 4.79 Å². The van der Waals surface area contributed by atoms with Crippen molar-refractivity contribution in [2.75, 3.05) is 6.54 Å². The standard InChI is InChI=1S/C12H13N3O2/c1-8-7-14-12(17)15(8)10-5-3-2-4-9(10)11(16)6-13/h2-5,7H,6,13H2,1H3,(H,14,17). The van der Waals surface area contributed by atoms with Crippen molar-refractivity contribution in [2.45, 2.75) is 6.92 Å². The first-order valence-corrected chi connectivity index (χ1v) is 5.25. The molecular weight excluding hydrogens is 218 g/mol. The summed E-state index contributed by atoms with van der Waals surface area (Å²) in [5.41, 5.74) is 6.86. The number of nitrogens with two attached hydrogens (primary N) is 1. The number of nitrogens with zero attached hydrogens (tertiary/aromatic N) is 1. The van der Waals surface area contributed by atoms with Gasteiger partial charge in [0.2, 0.25) is 0 Å². The van der Waals surface area contributed by atoms with Crippen molar-refractivity contribution in [3.05, 3.63) is 52.2 Å². The van der Waals surface area contributed by atoms with Gasteiger partial charge in [0.05, 0.1) is 12.2 Å². The van der Waals surface area contributed by atoms with E-state index in [2.05, 4.69) is 4.98 Å². The highest BCUT2D eigenvalue weighted by atomic mass is 16.1. The summed E-state index contributed by atoms with van der Waals surface area (Å²) in [6.07, 6.45) is 1.60. The largest absolute Gasteiger partial charge is 0.330 e. The van der Waals surface area contributed by atoms with Crippen LogP contribution in [0.4, 0.5) is 0 Å². The summed E-state index contributed by atoms with van der Waals surface area (Å²) < 4.78 is 1.46. The van der Waals surface area contributed by atoms with E-state index >= 15 is 0 Å². The van der Waals surface area contributed by atoms with E-state index in [9.17, 15) is 9.59 Å². The maximum Gasteiger partial charge on any atom is 0.330 e. The fraction of sp³-hybridized carbons (Fsp3) is 0.167. The zero-order valence-electron chi connectivity index (χ0n) is 9.43. The number of carbonyl (C=O) groups is 1. The molecule has 0 aliphatic carbocycles. The van der Waals surface area contributed by atoms with Crippen molar-refractivity contribution in [1.82, 2.24) is 9.55 Å². The van der Waals surface area contributed by atoms with Crippen LogP contribution in [0.3, 0.4) is 0 Å². The van der Waals surface area contributed by atoms with Gasteiger partial charge >= 0.3 is 5.69 Å². The van der Waals surface area contributed by atoms with Crippen LogP contribution in [0, 0.1) is 6.92 Å². The number of H-pyrrole nitrogens is 1.